The molecular weight excluding hydrogens is 220 g/mol. The molecule has 1 aliphatic heterocycles. The molecule has 0 saturated carbocycles. The first-order valence-electron chi connectivity index (χ1n) is 5.89. The first kappa shape index (κ1) is 13.4. The number of nitrogens with one attached hydrogen (secondary N) is 1. The molecule has 0 bridgehead atoms. The minimum atomic E-state index is -0.858. The van der Waals surface area contributed by atoms with Crippen molar-refractivity contribution >= 4 is 17.7 Å². The molecule has 0 radical (unpaired) electrons. The summed E-state index contributed by atoms with van der Waals surface area (Å²) >= 11 is 1.98. The van der Waals surface area contributed by atoms with Crippen LogP contribution >= 0.6 is 11.8 Å². The van der Waals surface area contributed by atoms with Crippen LogP contribution in [0, 0.1) is 22.7 Å². The van der Waals surface area contributed by atoms with Gasteiger partial charge >= 0.3 is 0 Å². The molecule has 1 saturated heterocycles. The number of rotatable bonds is 4. The van der Waals surface area contributed by atoms with Gasteiger partial charge in [-0.1, -0.05) is 6.92 Å². The van der Waals surface area contributed by atoms with E-state index in [2.05, 4.69) is 11.4 Å². The van der Waals surface area contributed by atoms with Crippen LogP contribution in [0.15, 0.2) is 0 Å². The lowest BCUT2D eigenvalue weighted by molar-refractivity contribution is -0.127. The molecule has 0 spiro atoms. The second-order valence-corrected chi connectivity index (χ2v) is 5.79. The van der Waals surface area contributed by atoms with E-state index in [9.17, 15) is 4.79 Å². The van der Waals surface area contributed by atoms with Gasteiger partial charge in [-0.15, -0.1) is 0 Å². The topological polar surface area (TPSA) is 52.9 Å². The summed E-state index contributed by atoms with van der Waals surface area (Å²) in [5.41, 5.74) is -0.858. The summed E-state index contributed by atoms with van der Waals surface area (Å²) in [7, 11) is 0. The molecule has 4 heteroatoms. The molecule has 1 unspecified atom stereocenters. The second kappa shape index (κ2) is 6.15. The Morgan fingerprint density at radius 2 is 2.19 bits per heavy atom. The summed E-state index contributed by atoms with van der Waals surface area (Å²) < 4.78 is 0. The molecule has 1 aliphatic rings. The van der Waals surface area contributed by atoms with E-state index in [1.807, 2.05) is 18.7 Å². The maximum absolute atomic E-state index is 11.8. The normalized spacial score (nSPS) is 20.8. The summed E-state index contributed by atoms with van der Waals surface area (Å²) in [4.78, 5) is 11.8. The van der Waals surface area contributed by atoms with Gasteiger partial charge in [0.25, 0.3) is 0 Å². The Bertz CT molecular complexity index is 281. The third-order valence-corrected chi connectivity index (χ3v) is 4.40. The lowest BCUT2D eigenvalue weighted by atomic mass is 9.88. The number of nitrogens with zero attached hydrogens (tertiary/aromatic N) is 1. The zero-order chi connectivity index (χ0) is 12.0. The van der Waals surface area contributed by atoms with Gasteiger partial charge in [0.1, 0.15) is 5.41 Å². The lowest BCUT2D eigenvalue weighted by Crippen LogP contribution is -2.40. The van der Waals surface area contributed by atoms with Gasteiger partial charge in [0.05, 0.1) is 6.07 Å². The summed E-state index contributed by atoms with van der Waals surface area (Å²) in [5.74, 6) is 2.88. The van der Waals surface area contributed by atoms with Gasteiger partial charge in [-0.2, -0.15) is 17.0 Å². The zero-order valence-corrected chi connectivity index (χ0v) is 10.9. The van der Waals surface area contributed by atoms with Gasteiger partial charge in [0.15, 0.2) is 0 Å². The molecule has 3 nitrogen and oxygen atoms in total. The molecular formula is C12H20N2OS. The summed E-state index contributed by atoms with van der Waals surface area (Å²) in [6.07, 6.45) is 2.93. The Morgan fingerprint density at radius 3 is 2.69 bits per heavy atom. The van der Waals surface area contributed by atoms with Gasteiger partial charge in [-0.25, -0.2) is 0 Å². The van der Waals surface area contributed by atoms with Crippen LogP contribution in [0.1, 0.15) is 33.1 Å². The zero-order valence-electron chi connectivity index (χ0n) is 10.1. The molecule has 0 aromatic rings. The highest BCUT2D eigenvalue weighted by Crippen LogP contribution is 2.23. The van der Waals surface area contributed by atoms with Crippen LogP contribution in [0.5, 0.6) is 0 Å². The predicted molar refractivity (Wildman–Crippen MR) is 67.1 cm³/mol. The summed E-state index contributed by atoms with van der Waals surface area (Å²) in [6.45, 7) is 4.32. The van der Waals surface area contributed by atoms with Crippen LogP contribution in [0.25, 0.3) is 0 Å². The first-order chi connectivity index (χ1) is 7.62. The summed E-state index contributed by atoms with van der Waals surface area (Å²) in [6, 6.07) is 2.10. The summed E-state index contributed by atoms with van der Waals surface area (Å²) in [5, 5.41) is 11.9. The Morgan fingerprint density at radius 1 is 1.56 bits per heavy atom. The highest BCUT2D eigenvalue weighted by atomic mass is 32.2. The Balaban J connectivity index is 2.37. The average molecular weight is 240 g/mol. The number of thioether (sulfide) groups is 1. The molecule has 1 atom stereocenters. The van der Waals surface area contributed by atoms with Crippen molar-refractivity contribution in [1.82, 2.24) is 5.32 Å². The van der Waals surface area contributed by atoms with Gasteiger partial charge in [0, 0.05) is 6.54 Å². The minimum Gasteiger partial charge on any atom is -0.354 e. The maximum Gasteiger partial charge on any atom is 0.240 e. The van der Waals surface area contributed by atoms with Crippen molar-refractivity contribution in [3.63, 3.8) is 0 Å². The molecule has 0 aromatic carbocycles. The van der Waals surface area contributed by atoms with E-state index in [0.29, 0.717) is 12.3 Å². The molecule has 1 heterocycles. The fourth-order valence-electron chi connectivity index (χ4n) is 1.67. The van der Waals surface area contributed by atoms with Crippen LogP contribution in [-0.4, -0.2) is 24.0 Å². The van der Waals surface area contributed by atoms with Gasteiger partial charge in [-0.3, -0.25) is 4.79 Å². The van der Waals surface area contributed by atoms with Crippen molar-refractivity contribution in [1.29, 1.82) is 5.26 Å². The number of amides is 1. The van der Waals surface area contributed by atoms with Crippen LogP contribution in [0.3, 0.4) is 0 Å². The largest absolute Gasteiger partial charge is 0.354 e. The van der Waals surface area contributed by atoms with Crippen LogP contribution in [0.2, 0.25) is 0 Å². The van der Waals surface area contributed by atoms with Crippen molar-refractivity contribution in [2.75, 3.05) is 18.1 Å². The molecule has 1 fully saturated rings. The molecule has 16 heavy (non-hydrogen) atoms. The number of carbonyl (C=O) groups is 1. The van der Waals surface area contributed by atoms with E-state index in [4.69, 9.17) is 5.26 Å². The highest BCUT2D eigenvalue weighted by Gasteiger charge is 2.31. The van der Waals surface area contributed by atoms with Crippen LogP contribution in [-0.2, 0) is 4.79 Å². The van der Waals surface area contributed by atoms with Gasteiger partial charge in [0.2, 0.25) is 5.91 Å². The van der Waals surface area contributed by atoms with E-state index in [1.54, 1.807) is 6.92 Å². The monoisotopic (exact) mass is 240 g/mol. The maximum atomic E-state index is 11.8. The third-order valence-electron chi connectivity index (χ3n) is 3.35. The minimum absolute atomic E-state index is 0.115. The lowest BCUT2D eigenvalue weighted by Gasteiger charge is -2.24. The van der Waals surface area contributed by atoms with Crippen molar-refractivity contribution in [3.05, 3.63) is 0 Å². The van der Waals surface area contributed by atoms with Crippen molar-refractivity contribution in [2.24, 2.45) is 11.3 Å². The molecule has 0 aliphatic carbocycles. The smallest absolute Gasteiger partial charge is 0.240 e. The molecule has 1 amide bonds. The van der Waals surface area contributed by atoms with E-state index in [1.165, 1.54) is 24.3 Å². The number of hydrogen-bond donors (Lipinski definition) is 1. The molecule has 0 aromatic heterocycles. The Kier molecular flexibility index (Phi) is 5.14. The fourth-order valence-corrected chi connectivity index (χ4v) is 2.88. The number of hydrogen-bond acceptors (Lipinski definition) is 3. The van der Waals surface area contributed by atoms with Crippen LogP contribution in [0.4, 0.5) is 0 Å². The van der Waals surface area contributed by atoms with E-state index < -0.39 is 5.41 Å². The van der Waals surface area contributed by atoms with E-state index in [-0.39, 0.29) is 5.91 Å². The van der Waals surface area contributed by atoms with Crippen molar-refractivity contribution < 1.29 is 4.79 Å². The van der Waals surface area contributed by atoms with E-state index >= 15 is 0 Å². The van der Waals surface area contributed by atoms with E-state index in [0.717, 1.165) is 6.54 Å². The highest BCUT2D eigenvalue weighted by molar-refractivity contribution is 7.99. The average Bonchev–Trinajstić information content (AvgIpc) is 2.36. The van der Waals surface area contributed by atoms with Crippen molar-refractivity contribution in [2.45, 2.75) is 33.1 Å². The SMILES string of the molecule is CCC(C)(C#N)C(=O)NCC1CCSCC1. The van der Waals surface area contributed by atoms with Gasteiger partial charge in [-0.05, 0) is 43.6 Å². The number of nitriles is 1. The fraction of sp³-hybridized carbons (Fsp3) is 0.833. The molecule has 90 valence electrons. The quantitative estimate of drug-likeness (QED) is 0.819. The first-order valence-corrected chi connectivity index (χ1v) is 7.05. The molecule has 1 N–H and O–H groups in total. The third kappa shape index (κ3) is 3.41. The predicted octanol–water partition coefficient (Wildman–Crippen LogP) is 2.19. The van der Waals surface area contributed by atoms with Crippen molar-refractivity contribution in [3.8, 4) is 6.07 Å². The standard InChI is InChI=1S/C12H20N2OS/c1-3-12(2,9-13)11(15)14-8-10-4-6-16-7-5-10/h10H,3-8H2,1-2H3,(H,14,15). The van der Waals surface area contributed by atoms with Gasteiger partial charge < -0.3 is 5.32 Å². The van der Waals surface area contributed by atoms with Crippen LogP contribution < -0.4 is 5.32 Å². The Hall–Kier alpha value is -0.690. The molecule has 1 rings (SSSR count). The second-order valence-electron chi connectivity index (χ2n) is 4.56. The number of carbonyl (C=O) groups excluding carboxylic acids is 1. The Labute approximate surface area is 102 Å².